The first-order valence-electron chi connectivity index (χ1n) is 9.30. The molecule has 27 heavy (non-hydrogen) atoms. The monoisotopic (exact) mass is 393 g/mol. The van der Waals surface area contributed by atoms with Crippen molar-refractivity contribution in [1.82, 2.24) is 20.4 Å². The van der Waals surface area contributed by atoms with Gasteiger partial charge in [0.15, 0.2) is 5.96 Å². The molecule has 0 radical (unpaired) electrons. The van der Waals surface area contributed by atoms with Crippen molar-refractivity contribution in [3.8, 4) is 0 Å². The summed E-state index contributed by atoms with van der Waals surface area (Å²) in [5.41, 5.74) is -0.388. The lowest BCUT2D eigenvalue weighted by Crippen LogP contribution is -2.49. The van der Waals surface area contributed by atoms with Crippen LogP contribution in [0.15, 0.2) is 22.5 Å². The molecule has 1 heterocycles. The highest BCUT2D eigenvalue weighted by Gasteiger charge is 2.42. The smallest absolute Gasteiger partial charge is 0.243 e. The van der Waals surface area contributed by atoms with Gasteiger partial charge in [-0.1, -0.05) is 18.9 Å². The Kier molecular flexibility index (Phi) is 7.65. The molecule has 1 saturated carbocycles. The minimum atomic E-state index is -0.388. The van der Waals surface area contributed by atoms with Crippen molar-refractivity contribution >= 4 is 29.1 Å². The quantitative estimate of drug-likeness (QED) is 0.544. The normalized spacial score (nSPS) is 16.1. The molecule has 7 nitrogen and oxygen atoms in total. The van der Waals surface area contributed by atoms with Crippen LogP contribution in [0.5, 0.6) is 0 Å². The third-order valence-corrected chi connectivity index (χ3v) is 5.77. The largest absolute Gasteiger partial charge is 0.355 e. The van der Waals surface area contributed by atoms with Crippen LogP contribution >= 0.6 is 11.3 Å². The van der Waals surface area contributed by atoms with Gasteiger partial charge in [-0.2, -0.15) is 0 Å². The maximum atomic E-state index is 12.7. The van der Waals surface area contributed by atoms with Gasteiger partial charge in [-0.25, -0.2) is 4.99 Å². The lowest BCUT2D eigenvalue weighted by atomic mass is 9.84. The molecule has 1 aliphatic carbocycles. The van der Waals surface area contributed by atoms with Gasteiger partial charge >= 0.3 is 0 Å². The highest BCUT2D eigenvalue weighted by Crippen LogP contribution is 2.38. The van der Waals surface area contributed by atoms with E-state index in [0.717, 1.165) is 25.7 Å². The molecule has 0 saturated heterocycles. The fourth-order valence-electron chi connectivity index (χ4n) is 3.29. The number of carbonyl (C=O) groups excluding carboxylic acids is 2. The van der Waals surface area contributed by atoms with Gasteiger partial charge in [0.05, 0.1) is 12.0 Å². The summed E-state index contributed by atoms with van der Waals surface area (Å²) in [6.45, 7) is 1.23. The molecule has 2 amide bonds. The van der Waals surface area contributed by atoms with Crippen molar-refractivity contribution in [2.24, 2.45) is 10.4 Å². The van der Waals surface area contributed by atoms with E-state index in [1.807, 2.05) is 31.6 Å². The van der Waals surface area contributed by atoms with Gasteiger partial charge in [-0.15, -0.1) is 11.3 Å². The molecule has 8 heteroatoms. The maximum Gasteiger partial charge on any atom is 0.243 e. The van der Waals surface area contributed by atoms with Crippen LogP contribution in [0.1, 0.15) is 30.6 Å². The Labute approximate surface area is 165 Å². The van der Waals surface area contributed by atoms with E-state index in [2.05, 4.69) is 15.6 Å². The molecule has 2 N–H and O–H groups in total. The van der Waals surface area contributed by atoms with E-state index in [1.54, 1.807) is 30.3 Å². The zero-order valence-electron chi connectivity index (χ0n) is 16.7. The number of likely N-dealkylation sites (N-methyl/N-ethyl adjacent to an activating group) is 1. The molecule has 1 aromatic rings. The van der Waals surface area contributed by atoms with Gasteiger partial charge in [-0.05, 0) is 24.3 Å². The van der Waals surface area contributed by atoms with Crippen molar-refractivity contribution in [2.75, 3.05) is 41.3 Å². The molecule has 1 aromatic heterocycles. The van der Waals surface area contributed by atoms with Crippen LogP contribution in [0.2, 0.25) is 0 Å². The molecule has 150 valence electrons. The summed E-state index contributed by atoms with van der Waals surface area (Å²) in [5, 5.41) is 8.63. The topological polar surface area (TPSA) is 77.0 Å². The second-order valence-corrected chi connectivity index (χ2v) is 8.46. The summed E-state index contributed by atoms with van der Waals surface area (Å²) < 4.78 is 0. The van der Waals surface area contributed by atoms with Crippen LogP contribution in [0.25, 0.3) is 0 Å². The third kappa shape index (κ3) is 5.95. The molecule has 0 spiro atoms. The fourth-order valence-corrected chi connectivity index (χ4v) is 3.94. The summed E-state index contributed by atoms with van der Waals surface area (Å²) in [6.07, 6.45) is 3.89. The van der Waals surface area contributed by atoms with Crippen LogP contribution < -0.4 is 10.6 Å². The zero-order valence-corrected chi connectivity index (χ0v) is 17.6. The average Bonchev–Trinajstić information content (AvgIpc) is 3.32. The van der Waals surface area contributed by atoms with E-state index in [0.29, 0.717) is 19.0 Å². The molecular formula is C19H31N5O2S. The first kappa shape index (κ1) is 21.2. The van der Waals surface area contributed by atoms with Crippen molar-refractivity contribution in [3.05, 3.63) is 22.4 Å². The van der Waals surface area contributed by atoms with E-state index in [1.165, 1.54) is 9.78 Å². The van der Waals surface area contributed by atoms with Gasteiger partial charge in [-0.3, -0.25) is 9.59 Å². The lowest BCUT2D eigenvalue weighted by molar-refractivity contribution is -0.138. The van der Waals surface area contributed by atoms with Crippen LogP contribution in [0.4, 0.5) is 0 Å². The van der Waals surface area contributed by atoms with Crippen molar-refractivity contribution in [1.29, 1.82) is 0 Å². The van der Waals surface area contributed by atoms with E-state index < -0.39 is 0 Å². The second-order valence-electron chi connectivity index (χ2n) is 7.43. The van der Waals surface area contributed by atoms with E-state index in [4.69, 9.17) is 0 Å². The van der Waals surface area contributed by atoms with Gasteiger partial charge in [0.2, 0.25) is 11.8 Å². The molecule has 0 atom stereocenters. The van der Waals surface area contributed by atoms with E-state index in [9.17, 15) is 9.59 Å². The Hall–Kier alpha value is -2.09. The van der Waals surface area contributed by atoms with Crippen molar-refractivity contribution in [2.45, 2.75) is 32.2 Å². The van der Waals surface area contributed by atoms with Gasteiger partial charge in [0.25, 0.3) is 0 Å². The number of thiophene rings is 1. The molecule has 0 unspecified atom stereocenters. The molecule has 2 rings (SSSR count). The van der Waals surface area contributed by atoms with E-state index >= 15 is 0 Å². The number of nitrogens with zero attached hydrogens (tertiary/aromatic N) is 3. The maximum absolute atomic E-state index is 12.7. The predicted octanol–water partition coefficient (Wildman–Crippen LogP) is 1.52. The lowest BCUT2D eigenvalue weighted by Gasteiger charge is -2.31. The van der Waals surface area contributed by atoms with Gasteiger partial charge in [0.1, 0.15) is 6.54 Å². The summed E-state index contributed by atoms with van der Waals surface area (Å²) in [4.78, 5) is 33.5. The number of hydrogen-bond donors (Lipinski definition) is 2. The minimum absolute atomic E-state index is 0.0628. The average molecular weight is 394 g/mol. The van der Waals surface area contributed by atoms with E-state index in [-0.39, 0.29) is 23.8 Å². The number of carbonyl (C=O) groups is 2. The summed E-state index contributed by atoms with van der Waals surface area (Å²) in [7, 11) is 7.05. The molecule has 0 bridgehead atoms. The Balaban J connectivity index is 2.06. The molecule has 1 fully saturated rings. The number of rotatable bonds is 7. The van der Waals surface area contributed by atoms with Crippen LogP contribution in [0.3, 0.4) is 0 Å². The molecule has 0 aliphatic heterocycles. The molecule has 1 aliphatic rings. The number of amides is 2. The zero-order chi connectivity index (χ0) is 19.9. The SMILES string of the molecule is CN(C)C(=O)CN=C(NCc1cccs1)NCC1(C(=O)N(C)C)CCCC1. The summed E-state index contributed by atoms with van der Waals surface area (Å²) >= 11 is 1.66. The Bertz CT molecular complexity index is 649. The molecular weight excluding hydrogens is 362 g/mol. The second kappa shape index (κ2) is 9.73. The predicted molar refractivity (Wildman–Crippen MR) is 110 cm³/mol. The summed E-state index contributed by atoms with van der Waals surface area (Å²) in [5.74, 6) is 0.665. The van der Waals surface area contributed by atoms with Gasteiger partial charge in [0, 0.05) is 39.6 Å². The molecule has 0 aromatic carbocycles. The number of hydrogen-bond acceptors (Lipinski definition) is 4. The Morgan fingerprint density at radius 1 is 1.15 bits per heavy atom. The number of nitrogens with one attached hydrogen (secondary N) is 2. The van der Waals surface area contributed by atoms with Crippen LogP contribution in [-0.4, -0.2) is 68.9 Å². The minimum Gasteiger partial charge on any atom is -0.355 e. The summed E-state index contributed by atoms with van der Waals surface area (Å²) in [6, 6.07) is 4.05. The first-order chi connectivity index (χ1) is 12.8. The third-order valence-electron chi connectivity index (χ3n) is 4.90. The highest BCUT2D eigenvalue weighted by atomic mass is 32.1. The van der Waals surface area contributed by atoms with Crippen LogP contribution in [0, 0.1) is 5.41 Å². The Morgan fingerprint density at radius 3 is 2.41 bits per heavy atom. The van der Waals surface area contributed by atoms with Gasteiger partial charge < -0.3 is 20.4 Å². The highest BCUT2D eigenvalue weighted by molar-refractivity contribution is 7.09. The number of guanidine groups is 1. The Morgan fingerprint density at radius 2 is 1.85 bits per heavy atom. The standard InChI is InChI=1S/C19H31N5O2S/c1-23(2)16(25)13-21-18(20-12-15-8-7-11-27-15)22-14-19(9-5-6-10-19)17(26)24(3)4/h7-8,11H,5-6,9-10,12-14H2,1-4H3,(H2,20,21,22). The van der Waals surface area contributed by atoms with Crippen molar-refractivity contribution in [3.63, 3.8) is 0 Å². The fraction of sp³-hybridized carbons (Fsp3) is 0.632. The van der Waals surface area contributed by atoms with Crippen molar-refractivity contribution < 1.29 is 9.59 Å². The first-order valence-corrected chi connectivity index (χ1v) is 10.2. The van der Waals surface area contributed by atoms with Crippen LogP contribution in [-0.2, 0) is 16.1 Å². The number of aliphatic imine (C=N–C) groups is 1.